The van der Waals surface area contributed by atoms with Crippen molar-refractivity contribution < 1.29 is 14.0 Å². The Hall–Kier alpha value is -1.03. The van der Waals surface area contributed by atoms with Crippen LogP contribution in [0.2, 0.25) is 18.1 Å². The predicted octanol–water partition coefficient (Wildman–Crippen LogP) is 5.98. The van der Waals surface area contributed by atoms with Gasteiger partial charge in [-0.2, -0.15) is 0 Å². The monoisotopic (exact) mass is 352 g/mol. The van der Waals surface area contributed by atoms with Crippen LogP contribution < -0.4 is 0 Å². The molecule has 0 aromatic carbocycles. The van der Waals surface area contributed by atoms with Crippen LogP contribution in [0.1, 0.15) is 65.7 Å². The van der Waals surface area contributed by atoms with Crippen LogP contribution in [0.4, 0.5) is 0 Å². The van der Waals surface area contributed by atoms with Gasteiger partial charge in [0.25, 0.3) is 0 Å². The molecule has 0 bridgehead atoms. The number of esters is 1. The maximum absolute atomic E-state index is 12.8. The quantitative estimate of drug-likeness (QED) is 0.335. The average Bonchev–Trinajstić information content (AvgIpc) is 2.48. The maximum Gasteiger partial charge on any atom is 0.319 e. The van der Waals surface area contributed by atoms with Gasteiger partial charge in [-0.1, -0.05) is 39.7 Å². The van der Waals surface area contributed by atoms with Crippen LogP contribution in [0.3, 0.4) is 0 Å². The second-order valence-electron chi connectivity index (χ2n) is 8.43. The summed E-state index contributed by atoms with van der Waals surface area (Å²) in [6.45, 7) is 15.0. The smallest absolute Gasteiger partial charge is 0.319 e. The largest absolute Gasteiger partial charge is 0.546 e. The minimum Gasteiger partial charge on any atom is -0.546 e. The number of carbonyl (C=O) groups is 1. The molecule has 1 rings (SSSR count). The molecule has 0 radical (unpaired) electrons. The lowest BCUT2D eigenvalue weighted by Crippen LogP contribution is -2.45. The van der Waals surface area contributed by atoms with E-state index in [1.54, 1.807) is 0 Å². The molecular formula is C20H36O3Si. The van der Waals surface area contributed by atoms with Gasteiger partial charge in [-0.25, -0.2) is 0 Å². The second-order valence-corrected chi connectivity index (χ2v) is 13.2. The van der Waals surface area contributed by atoms with Gasteiger partial charge in [0.05, 0.1) is 12.9 Å². The van der Waals surface area contributed by atoms with Gasteiger partial charge in [0.1, 0.15) is 5.41 Å². The van der Waals surface area contributed by atoms with E-state index in [2.05, 4.69) is 46.5 Å². The fourth-order valence-electron chi connectivity index (χ4n) is 2.96. The zero-order chi connectivity index (χ0) is 18.4. The normalized spacial score (nSPS) is 25.0. The molecule has 0 aromatic rings. The van der Waals surface area contributed by atoms with Crippen molar-refractivity contribution in [1.29, 1.82) is 0 Å². The highest BCUT2D eigenvalue weighted by Crippen LogP contribution is 2.46. The summed E-state index contributed by atoms with van der Waals surface area (Å²) in [5.74, 6) is 0.707. The van der Waals surface area contributed by atoms with Crippen LogP contribution in [0.15, 0.2) is 24.5 Å². The van der Waals surface area contributed by atoms with E-state index in [0.29, 0.717) is 6.42 Å². The lowest BCUT2D eigenvalue weighted by molar-refractivity contribution is -0.153. The Balaban J connectivity index is 3.32. The molecule has 1 unspecified atom stereocenters. The molecule has 1 aliphatic carbocycles. The highest BCUT2D eigenvalue weighted by molar-refractivity contribution is 6.74. The highest BCUT2D eigenvalue weighted by atomic mass is 28.4. The van der Waals surface area contributed by atoms with E-state index in [4.69, 9.17) is 9.16 Å². The Morgan fingerprint density at radius 3 is 2.54 bits per heavy atom. The van der Waals surface area contributed by atoms with Crippen LogP contribution in [0.25, 0.3) is 0 Å². The van der Waals surface area contributed by atoms with E-state index in [0.717, 1.165) is 44.3 Å². The number of allylic oxidation sites excluding steroid dienone is 2. The summed E-state index contributed by atoms with van der Waals surface area (Å²) in [6.07, 6.45) is 10.7. The molecule has 0 amide bonds. The van der Waals surface area contributed by atoms with Crippen LogP contribution in [0.5, 0.6) is 0 Å². The van der Waals surface area contributed by atoms with Crippen LogP contribution in [-0.4, -0.2) is 21.4 Å². The van der Waals surface area contributed by atoms with Crippen LogP contribution >= 0.6 is 0 Å². The van der Waals surface area contributed by atoms with E-state index in [1.807, 2.05) is 6.08 Å². The Morgan fingerprint density at radius 1 is 1.33 bits per heavy atom. The molecular weight excluding hydrogens is 316 g/mol. The van der Waals surface area contributed by atoms with Crippen molar-refractivity contribution in [2.75, 3.05) is 7.11 Å². The van der Waals surface area contributed by atoms with Gasteiger partial charge in [0.15, 0.2) is 0 Å². The summed E-state index contributed by atoms with van der Waals surface area (Å²) in [4.78, 5) is 12.8. The molecule has 0 spiro atoms. The second kappa shape index (κ2) is 8.37. The maximum atomic E-state index is 12.8. The highest BCUT2D eigenvalue weighted by Gasteiger charge is 2.48. The van der Waals surface area contributed by atoms with Crippen molar-refractivity contribution in [3.8, 4) is 0 Å². The summed E-state index contributed by atoms with van der Waals surface area (Å²) in [5, 5.41) is 0.0938. The number of methoxy groups -OCH3 is 1. The zero-order valence-corrected chi connectivity index (χ0v) is 17.5. The number of hydrogen-bond donors (Lipinski definition) is 0. The standard InChI is InChI=1S/C20H36O3Si/c1-8-9-15-20(18(21)22-5)16-13-11-10-12-14-17(20)23-24(6,7)19(2,3)4/h8,14H,1,9-13,15-16H2,2-7H3/b17-14+. The molecule has 0 heterocycles. The van der Waals surface area contributed by atoms with Gasteiger partial charge >= 0.3 is 5.97 Å². The SMILES string of the molecule is C=CCCC1(C(=O)OC)CCCCC/C=C\1O[Si](C)(C)C(C)(C)C. The Labute approximate surface area is 149 Å². The number of carbonyl (C=O) groups excluding carboxylic acids is 1. The third-order valence-electron chi connectivity index (χ3n) is 5.63. The van der Waals surface area contributed by atoms with Crippen LogP contribution in [0, 0.1) is 5.41 Å². The van der Waals surface area contributed by atoms with Crippen molar-refractivity contribution in [3.63, 3.8) is 0 Å². The third kappa shape index (κ3) is 4.75. The van der Waals surface area contributed by atoms with E-state index in [1.165, 1.54) is 7.11 Å². The molecule has 4 heteroatoms. The van der Waals surface area contributed by atoms with E-state index >= 15 is 0 Å². The first kappa shape index (κ1) is 21.0. The number of hydrogen-bond acceptors (Lipinski definition) is 3. The molecule has 1 atom stereocenters. The Kier molecular flexibility index (Phi) is 7.33. The molecule has 3 nitrogen and oxygen atoms in total. The molecule has 24 heavy (non-hydrogen) atoms. The molecule has 0 saturated heterocycles. The van der Waals surface area contributed by atoms with Gasteiger partial charge in [0, 0.05) is 0 Å². The third-order valence-corrected chi connectivity index (χ3v) is 9.97. The summed E-state index contributed by atoms with van der Waals surface area (Å²) in [5.41, 5.74) is -0.654. The van der Waals surface area contributed by atoms with Gasteiger partial charge < -0.3 is 9.16 Å². The lowest BCUT2D eigenvalue weighted by Gasteiger charge is -2.43. The summed E-state index contributed by atoms with van der Waals surface area (Å²) in [6, 6.07) is 0. The molecule has 0 aromatic heterocycles. The summed E-state index contributed by atoms with van der Waals surface area (Å²) < 4.78 is 11.9. The topological polar surface area (TPSA) is 35.5 Å². The van der Waals surface area contributed by atoms with E-state index < -0.39 is 13.7 Å². The first-order valence-corrected chi connectivity index (χ1v) is 12.1. The van der Waals surface area contributed by atoms with Gasteiger partial charge in [-0.05, 0) is 56.3 Å². The Bertz CT molecular complexity index is 474. The molecule has 0 N–H and O–H groups in total. The van der Waals surface area contributed by atoms with Gasteiger partial charge in [-0.15, -0.1) is 6.58 Å². The summed E-state index contributed by atoms with van der Waals surface area (Å²) >= 11 is 0. The van der Waals surface area contributed by atoms with Crippen LogP contribution in [-0.2, 0) is 14.0 Å². The minimum atomic E-state index is -2.02. The van der Waals surface area contributed by atoms with Crippen molar-refractivity contribution >= 4 is 14.3 Å². The molecule has 1 aliphatic rings. The van der Waals surface area contributed by atoms with Crippen molar-refractivity contribution in [1.82, 2.24) is 0 Å². The molecule has 0 fully saturated rings. The fraction of sp³-hybridized carbons (Fsp3) is 0.750. The first-order chi connectivity index (χ1) is 11.1. The molecule has 0 aliphatic heterocycles. The van der Waals surface area contributed by atoms with E-state index in [-0.39, 0.29) is 11.0 Å². The van der Waals surface area contributed by atoms with Crippen molar-refractivity contribution in [3.05, 3.63) is 24.5 Å². The first-order valence-electron chi connectivity index (χ1n) is 9.20. The molecule has 0 saturated carbocycles. The average molecular weight is 353 g/mol. The zero-order valence-electron chi connectivity index (χ0n) is 16.5. The lowest BCUT2D eigenvalue weighted by atomic mass is 9.75. The number of rotatable bonds is 6. The fourth-order valence-corrected chi connectivity index (χ4v) is 4.10. The van der Waals surface area contributed by atoms with Crippen molar-refractivity contribution in [2.24, 2.45) is 5.41 Å². The van der Waals surface area contributed by atoms with Gasteiger partial charge in [-0.3, -0.25) is 4.79 Å². The molecule has 138 valence electrons. The van der Waals surface area contributed by atoms with Crippen molar-refractivity contribution in [2.45, 2.75) is 83.8 Å². The summed E-state index contributed by atoms with van der Waals surface area (Å²) in [7, 11) is -0.533. The van der Waals surface area contributed by atoms with Gasteiger partial charge in [0.2, 0.25) is 8.32 Å². The van der Waals surface area contributed by atoms with E-state index in [9.17, 15) is 4.79 Å². The Morgan fingerprint density at radius 2 is 2.00 bits per heavy atom. The predicted molar refractivity (Wildman–Crippen MR) is 103 cm³/mol. The minimum absolute atomic E-state index is 0.0938. The number of ether oxygens (including phenoxy) is 1.